The minimum absolute atomic E-state index is 0.114. The average Bonchev–Trinajstić information content (AvgIpc) is 3.24. The molecule has 8 heteroatoms. The first-order chi connectivity index (χ1) is 12.1. The van der Waals surface area contributed by atoms with Crippen LogP contribution in [0.2, 0.25) is 0 Å². The van der Waals surface area contributed by atoms with Crippen molar-refractivity contribution < 1.29 is 9.52 Å². The third kappa shape index (κ3) is 3.72. The first kappa shape index (κ1) is 16.8. The molecular formula is C17H17N5O2S. The Morgan fingerprint density at radius 1 is 1.32 bits per heavy atom. The van der Waals surface area contributed by atoms with Crippen molar-refractivity contribution in [2.45, 2.75) is 26.3 Å². The molecule has 0 bridgehead atoms. The number of aromatic hydroxyl groups is 1. The summed E-state index contributed by atoms with van der Waals surface area (Å²) in [7, 11) is 0. The highest BCUT2D eigenvalue weighted by molar-refractivity contribution is 6.99. The van der Waals surface area contributed by atoms with E-state index in [2.05, 4.69) is 33.2 Å². The fraction of sp³-hybridized carbons (Fsp3) is 0.235. The van der Waals surface area contributed by atoms with E-state index in [-0.39, 0.29) is 11.3 Å². The maximum absolute atomic E-state index is 10.1. The third-order valence-electron chi connectivity index (χ3n) is 3.67. The van der Waals surface area contributed by atoms with Crippen LogP contribution in [-0.2, 0) is 6.54 Å². The van der Waals surface area contributed by atoms with Gasteiger partial charge in [0.15, 0.2) is 17.4 Å². The van der Waals surface area contributed by atoms with Crippen LogP contribution < -0.4 is 10.6 Å². The molecule has 0 fully saturated rings. The van der Waals surface area contributed by atoms with Gasteiger partial charge >= 0.3 is 0 Å². The average molecular weight is 355 g/mol. The van der Waals surface area contributed by atoms with Crippen molar-refractivity contribution in [3.05, 3.63) is 47.4 Å². The number of rotatable bonds is 6. The van der Waals surface area contributed by atoms with Crippen molar-refractivity contribution in [3.8, 4) is 11.8 Å². The largest absolute Gasteiger partial charge is 0.504 e. The van der Waals surface area contributed by atoms with Crippen molar-refractivity contribution in [3.63, 3.8) is 0 Å². The van der Waals surface area contributed by atoms with E-state index in [0.717, 1.165) is 23.1 Å². The number of hydrogen-bond acceptors (Lipinski definition) is 8. The van der Waals surface area contributed by atoms with E-state index in [1.807, 2.05) is 12.1 Å². The fourth-order valence-electron chi connectivity index (χ4n) is 2.21. The van der Waals surface area contributed by atoms with Gasteiger partial charge < -0.3 is 20.2 Å². The molecule has 0 radical (unpaired) electrons. The first-order valence-electron chi connectivity index (χ1n) is 7.71. The number of nitrogens with zero attached hydrogens (tertiary/aromatic N) is 3. The van der Waals surface area contributed by atoms with Gasteiger partial charge in [-0.25, -0.2) is 0 Å². The first-order valence-corrected chi connectivity index (χ1v) is 8.44. The highest BCUT2D eigenvalue weighted by Crippen LogP contribution is 2.32. The summed E-state index contributed by atoms with van der Waals surface area (Å²) >= 11 is 1.04. The van der Waals surface area contributed by atoms with Gasteiger partial charge in [-0.15, -0.1) is 0 Å². The Morgan fingerprint density at radius 3 is 2.84 bits per heavy atom. The number of hydrogen-bond donors (Lipinski definition) is 3. The smallest absolute Gasteiger partial charge is 0.188 e. The molecule has 0 amide bonds. The summed E-state index contributed by atoms with van der Waals surface area (Å²) in [5.74, 6) is 2.12. The zero-order chi connectivity index (χ0) is 17.8. The van der Waals surface area contributed by atoms with Gasteiger partial charge in [0.1, 0.15) is 11.8 Å². The summed E-state index contributed by atoms with van der Waals surface area (Å²) < 4.78 is 13.9. The molecule has 2 heterocycles. The predicted molar refractivity (Wildman–Crippen MR) is 96.1 cm³/mol. The number of aromatic nitrogens is 2. The molecule has 1 aromatic carbocycles. The van der Waals surface area contributed by atoms with Gasteiger partial charge in [-0.1, -0.05) is 19.9 Å². The minimum atomic E-state index is -0.114. The Labute approximate surface area is 149 Å². The lowest BCUT2D eigenvalue weighted by atomic mass is 10.1. The molecule has 0 aliphatic heterocycles. The number of benzene rings is 1. The van der Waals surface area contributed by atoms with Crippen LogP contribution in [0.3, 0.4) is 0 Å². The third-order valence-corrected chi connectivity index (χ3v) is 4.20. The van der Waals surface area contributed by atoms with Gasteiger partial charge in [0.25, 0.3) is 0 Å². The number of phenols is 1. The van der Waals surface area contributed by atoms with Crippen molar-refractivity contribution in [1.29, 1.82) is 5.26 Å². The molecule has 128 valence electrons. The normalized spacial score (nSPS) is 10.6. The van der Waals surface area contributed by atoms with Gasteiger partial charge in [-0.2, -0.15) is 14.0 Å². The number of para-hydroxylation sites is 1. The topological polar surface area (TPSA) is 107 Å². The summed E-state index contributed by atoms with van der Waals surface area (Å²) in [6.45, 7) is 4.68. The van der Waals surface area contributed by atoms with E-state index >= 15 is 0 Å². The number of nitriles is 1. The van der Waals surface area contributed by atoms with Gasteiger partial charge in [0, 0.05) is 0 Å². The van der Waals surface area contributed by atoms with E-state index in [0.29, 0.717) is 29.8 Å². The van der Waals surface area contributed by atoms with Crippen LogP contribution in [0, 0.1) is 11.3 Å². The zero-order valence-electron chi connectivity index (χ0n) is 13.8. The van der Waals surface area contributed by atoms with E-state index in [1.165, 1.54) is 0 Å². The quantitative estimate of drug-likeness (QED) is 0.569. The molecule has 0 unspecified atom stereocenters. The second-order valence-corrected chi connectivity index (χ2v) is 6.28. The molecule has 0 atom stereocenters. The summed E-state index contributed by atoms with van der Waals surface area (Å²) in [6.07, 6.45) is 1.76. The van der Waals surface area contributed by atoms with Crippen LogP contribution >= 0.6 is 11.7 Å². The van der Waals surface area contributed by atoms with Crippen molar-refractivity contribution in [1.82, 2.24) is 8.75 Å². The minimum Gasteiger partial charge on any atom is -0.504 e. The molecule has 0 saturated carbocycles. The monoisotopic (exact) mass is 355 g/mol. The number of phenolic OH excluding ortho intramolecular Hbond substituents is 1. The zero-order valence-corrected chi connectivity index (χ0v) is 14.6. The summed E-state index contributed by atoms with van der Waals surface area (Å²) in [4.78, 5) is 0. The molecule has 0 spiro atoms. The maximum Gasteiger partial charge on any atom is 0.188 e. The molecule has 25 heavy (non-hydrogen) atoms. The highest BCUT2D eigenvalue weighted by Gasteiger charge is 2.13. The van der Waals surface area contributed by atoms with Gasteiger partial charge in [-0.05, 0) is 29.7 Å². The number of anilines is 3. The van der Waals surface area contributed by atoms with Gasteiger partial charge in [0.2, 0.25) is 0 Å². The Balaban J connectivity index is 1.71. The lowest BCUT2D eigenvalue weighted by Gasteiger charge is -2.08. The SMILES string of the molecule is CC(C)c1coc(CNc2nsnc2Nc2cccc(C#N)c2O)c1. The van der Waals surface area contributed by atoms with Crippen molar-refractivity contribution in [2.75, 3.05) is 10.6 Å². The van der Waals surface area contributed by atoms with Crippen molar-refractivity contribution in [2.24, 2.45) is 0 Å². The maximum atomic E-state index is 10.1. The number of nitrogens with one attached hydrogen (secondary N) is 2. The van der Waals surface area contributed by atoms with Gasteiger partial charge in [-0.3, -0.25) is 0 Å². The molecule has 0 saturated heterocycles. The predicted octanol–water partition coefficient (Wildman–Crippen LogP) is 4.19. The highest BCUT2D eigenvalue weighted by atomic mass is 32.1. The van der Waals surface area contributed by atoms with Crippen molar-refractivity contribution >= 4 is 29.1 Å². The summed E-state index contributed by atoms with van der Waals surface area (Å²) in [5, 5.41) is 25.2. The van der Waals surface area contributed by atoms with Crippen LogP contribution in [-0.4, -0.2) is 13.9 Å². The van der Waals surface area contributed by atoms with E-state index in [1.54, 1.807) is 24.5 Å². The molecule has 0 aliphatic rings. The lowest BCUT2D eigenvalue weighted by Crippen LogP contribution is -2.02. The Kier molecular flexibility index (Phi) is 4.86. The molecule has 3 N–H and O–H groups in total. The van der Waals surface area contributed by atoms with Crippen LogP contribution in [0.4, 0.5) is 17.3 Å². The Morgan fingerprint density at radius 2 is 2.12 bits per heavy atom. The molecule has 2 aromatic heterocycles. The van der Waals surface area contributed by atoms with Crippen LogP contribution in [0.25, 0.3) is 0 Å². The van der Waals surface area contributed by atoms with Crippen LogP contribution in [0.5, 0.6) is 5.75 Å². The van der Waals surface area contributed by atoms with Crippen LogP contribution in [0.1, 0.15) is 36.7 Å². The Hall–Kier alpha value is -3.05. The second-order valence-electron chi connectivity index (χ2n) is 5.75. The molecule has 7 nitrogen and oxygen atoms in total. The molecule has 3 aromatic rings. The number of furan rings is 1. The summed E-state index contributed by atoms with van der Waals surface area (Å²) in [6, 6.07) is 8.84. The molecule has 0 aliphatic carbocycles. The standard InChI is InChI=1S/C17H17N5O2S/c1-10(2)12-6-13(24-9-12)8-19-16-17(22-25-21-16)20-14-5-3-4-11(7-18)15(14)23/h3-6,9-10,23H,8H2,1-2H3,(H,19,21)(H,20,22). The Bertz CT molecular complexity index is 910. The molecular weight excluding hydrogens is 338 g/mol. The van der Waals surface area contributed by atoms with Gasteiger partial charge in [0.05, 0.1) is 35.8 Å². The van der Waals surface area contributed by atoms with E-state index in [4.69, 9.17) is 9.68 Å². The van der Waals surface area contributed by atoms with Crippen LogP contribution in [0.15, 0.2) is 34.9 Å². The summed E-state index contributed by atoms with van der Waals surface area (Å²) in [5.41, 5.74) is 1.74. The fourth-order valence-corrected chi connectivity index (χ4v) is 2.70. The van der Waals surface area contributed by atoms with E-state index in [9.17, 15) is 5.11 Å². The molecule has 3 rings (SSSR count). The lowest BCUT2D eigenvalue weighted by molar-refractivity contribution is 0.476. The van der Waals surface area contributed by atoms with E-state index < -0.39 is 0 Å². The second kappa shape index (κ2) is 7.23.